The average Bonchev–Trinajstić information content (AvgIpc) is 2.34. The fourth-order valence-electron chi connectivity index (χ4n) is 1.60. The smallest absolute Gasteiger partial charge is 0.0942 e. The van der Waals surface area contributed by atoms with Gasteiger partial charge in [-0.25, -0.2) is 0 Å². The van der Waals surface area contributed by atoms with E-state index in [-0.39, 0.29) is 6.61 Å². The van der Waals surface area contributed by atoms with Gasteiger partial charge in [0.25, 0.3) is 0 Å². The van der Waals surface area contributed by atoms with E-state index in [0.717, 1.165) is 21.1 Å². The van der Waals surface area contributed by atoms with Crippen LogP contribution >= 0.6 is 31.9 Å². The van der Waals surface area contributed by atoms with Gasteiger partial charge < -0.3 is 15.5 Å². The minimum atomic E-state index is -0.747. The van der Waals surface area contributed by atoms with E-state index in [2.05, 4.69) is 56.2 Å². The summed E-state index contributed by atoms with van der Waals surface area (Å²) in [5, 5.41) is 21.2. The first-order valence-corrected chi connectivity index (χ1v) is 7.67. The van der Waals surface area contributed by atoms with Gasteiger partial charge in [-0.2, -0.15) is 0 Å². The van der Waals surface area contributed by atoms with Crippen LogP contribution in [-0.4, -0.2) is 29.5 Å². The van der Waals surface area contributed by atoms with Crippen LogP contribution < -0.4 is 5.32 Å². The van der Waals surface area contributed by atoms with Gasteiger partial charge in [0, 0.05) is 15.5 Å². The van der Waals surface area contributed by atoms with E-state index < -0.39 is 6.10 Å². The molecule has 0 aromatic heterocycles. The Balaban J connectivity index is 2.74. The zero-order chi connectivity index (χ0) is 13.5. The average molecular weight is 381 g/mol. The molecule has 1 aromatic carbocycles. The summed E-state index contributed by atoms with van der Waals surface area (Å²) >= 11 is 7.05. The monoisotopic (exact) mass is 379 g/mol. The van der Waals surface area contributed by atoms with Gasteiger partial charge in [0.1, 0.15) is 0 Å². The molecule has 0 saturated carbocycles. The Hall–Kier alpha value is -0.100. The topological polar surface area (TPSA) is 52.5 Å². The predicted molar refractivity (Wildman–Crippen MR) is 82.0 cm³/mol. The first-order chi connectivity index (χ1) is 8.58. The van der Waals surface area contributed by atoms with Crippen molar-refractivity contribution in [1.82, 2.24) is 0 Å². The zero-order valence-electron chi connectivity index (χ0n) is 10.4. The van der Waals surface area contributed by atoms with E-state index in [0.29, 0.717) is 6.54 Å². The first-order valence-electron chi connectivity index (χ1n) is 6.09. The second-order valence-electron chi connectivity index (χ2n) is 4.26. The molecule has 0 aliphatic carbocycles. The van der Waals surface area contributed by atoms with Gasteiger partial charge in [-0.1, -0.05) is 13.3 Å². The molecule has 1 unspecified atom stereocenters. The van der Waals surface area contributed by atoms with Crippen molar-refractivity contribution in [2.75, 3.05) is 18.5 Å². The SMILES string of the molecule is CCCCc1cc(Br)c(NCC(O)CO)c(Br)c1. The Morgan fingerprint density at radius 3 is 2.39 bits per heavy atom. The van der Waals surface area contributed by atoms with E-state index in [4.69, 9.17) is 5.11 Å². The van der Waals surface area contributed by atoms with Gasteiger partial charge in [-0.05, 0) is 62.4 Å². The lowest BCUT2D eigenvalue weighted by molar-refractivity contribution is 0.105. The van der Waals surface area contributed by atoms with E-state index in [9.17, 15) is 5.11 Å². The minimum absolute atomic E-state index is 0.239. The molecule has 1 rings (SSSR count). The molecule has 18 heavy (non-hydrogen) atoms. The summed E-state index contributed by atoms with van der Waals surface area (Å²) in [6, 6.07) is 4.18. The summed E-state index contributed by atoms with van der Waals surface area (Å²) in [6.45, 7) is 2.26. The van der Waals surface area contributed by atoms with E-state index in [1.54, 1.807) is 0 Å². The van der Waals surface area contributed by atoms with Crippen molar-refractivity contribution in [2.24, 2.45) is 0 Å². The van der Waals surface area contributed by atoms with Crippen LogP contribution in [0.15, 0.2) is 21.1 Å². The largest absolute Gasteiger partial charge is 0.394 e. The highest BCUT2D eigenvalue weighted by atomic mass is 79.9. The number of anilines is 1. The van der Waals surface area contributed by atoms with Crippen LogP contribution in [-0.2, 0) is 6.42 Å². The van der Waals surface area contributed by atoms with Crippen LogP contribution in [0.3, 0.4) is 0 Å². The van der Waals surface area contributed by atoms with Gasteiger partial charge in [0.2, 0.25) is 0 Å². The van der Waals surface area contributed by atoms with Crippen LogP contribution in [0.25, 0.3) is 0 Å². The number of hydrogen-bond donors (Lipinski definition) is 3. The Bertz CT molecular complexity index is 362. The molecule has 3 nitrogen and oxygen atoms in total. The highest BCUT2D eigenvalue weighted by molar-refractivity contribution is 9.11. The predicted octanol–water partition coefficient (Wildman–Crippen LogP) is 3.32. The lowest BCUT2D eigenvalue weighted by atomic mass is 10.1. The maximum atomic E-state index is 9.33. The third kappa shape index (κ3) is 4.88. The molecule has 0 radical (unpaired) electrons. The number of aliphatic hydroxyl groups excluding tert-OH is 2. The van der Waals surface area contributed by atoms with Crippen LogP contribution in [0.2, 0.25) is 0 Å². The van der Waals surface area contributed by atoms with Gasteiger partial charge >= 0.3 is 0 Å². The molecular weight excluding hydrogens is 362 g/mol. The number of aliphatic hydroxyl groups is 2. The standard InChI is InChI=1S/C13H19Br2NO2/c1-2-3-4-9-5-11(14)13(12(15)6-9)16-7-10(18)8-17/h5-6,10,16-18H,2-4,7-8H2,1H3. The van der Waals surface area contributed by atoms with E-state index in [1.807, 2.05) is 0 Å². The van der Waals surface area contributed by atoms with E-state index in [1.165, 1.54) is 18.4 Å². The summed E-state index contributed by atoms with van der Waals surface area (Å²) in [5.41, 5.74) is 2.19. The van der Waals surface area contributed by atoms with Crippen molar-refractivity contribution < 1.29 is 10.2 Å². The summed E-state index contributed by atoms with van der Waals surface area (Å²) in [7, 11) is 0. The molecule has 102 valence electrons. The lowest BCUT2D eigenvalue weighted by Crippen LogP contribution is -2.23. The normalized spacial score (nSPS) is 12.5. The Morgan fingerprint density at radius 2 is 1.89 bits per heavy atom. The third-order valence-corrected chi connectivity index (χ3v) is 3.90. The number of halogens is 2. The maximum absolute atomic E-state index is 9.33. The highest BCUT2D eigenvalue weighted by Gasteiger charge is 2.09. The summed E-state index contributed by atoms with van der Waals surface area (Å²) in [5.74, 6) is 0. The molecule has 0 aliphatic heterocycles. The molecule has 0 fully saturated rings. The molecule has 0 saturated heterocycles. The van der Waals surface area contributed by atoms with Crippen molar-refractivity contribution in [3.05, 3.63) is 26.6 Å². The quantitative estimate of drug-likeness (QED) is 0.680. The molecule has 3 N–H and O–H groups in total. The molecule has 0 amide bonds. The lowest BCUT2D eigenvalue weighted by Gasteiger charge is -2.15. The molecule has 0 aliphatic rings. The third-order valence-electron chi connectivity index (χ3n) is 2.65. The minimum Gasteiger partial charge on any atom is -0.394 e. The molecule has 1 atom stereocenters. The van der Waals surface area contributed by atoms with Crippen LogP contribution in [0.1, 0.15) is 25.3 Å². The molecule has 0 heterocycles. The van der Waals surface area contributed by atoms with Crippen LogP contribution in [0.4, 0.5) is 5.69 Å². The summed E-state index contributed by atoms with van der Waals surface area (Å²) < 4.78 is 1.93. The van der Waals surface area contributed by atoms with Gasteiger partial charge in [0.05, 0.1) is 18.4 Å². The van der Waals surface area contributed by atoms with Gasteiger partial charge in [-0.15, -0.1) is 0 Å². The highest BCUT2D eigenvalue weighted by Crippen LogP contribution is 2.32. The maximum Gasteiger partial charge on any atom is 0.0942 e. The van der Waals surface area contributed by atoms with Crippen molar-refractivity contribution >= 4 is 37.5 Å². The number of benzene rings is 1. The molecule has 0 bridgehead atoms. The number of nitrogens with one attached hydrogen (secondary N) is 1. The van der Waals surface area contributed by atoms with Crippen LogP contribution in [0, 0.1) is 0 Å². The molecule has 0 spiro atoms. The number of unbranched alkanes of at least 4 members (excludes halogenated alkanes) is 1. The summed E-state index contributed by atoms with van der Waals surface area (Å²) in [6.07, 6.45) is 2.67. The number of hydrogen-bond acceptors (Lipinski definition) is 3. The van der Waals surface area contributed by atoms with Gasteiger partial charge in [-0.3, -0.25) is 0 Å². The Labute approximate surface area is 125 Å². The van der Waals surface area contributed by atoms with Gasteiger partial charge in [0.15, 0.2) is 0 Å². The van der Waals surface area contributed by atoms with Crippen molar-refractivity contribution in [2.45, 2.75) is 32.3 Å². The van der Waals surface area contributed by atoms with Crippen LogP contribution in [0.5, 0.6) is 0 Å². The fourth-order valence-corrected chi connectivity index (χ4v) is 3.17. The van der Waals surface area contributed by atoms with Crippen molar-refractivity contribution in [3.63, 3.8) is 0 Å². The zero-order valence-corrected chi connectivity index (χ0v) is 13.6. The number of rotatable bonds is 7. The molecule has 1 aromatic rings. The number of aryl methyl sites for hydroxylation is 1. The molecular formula is C13H19Br2NO2. The second kappa shape index (κ2) is 8.15. The summed E-state index contributed by atoms with van der Waals surface area (Å²) in [4.78, 5) is 0. The first kappa shape index (κ1) is 16.0. The Kier molecular flexibility index (Phi) is 7.22. The fraction of sp³-hybridized carbons (Fsp3) is 0.538. The second-order valence-corrected chi connectivity index (χ2v) is 5.96. The van der Waals surface area contributed by atoms with Crippen molar-refractivity contribution in [3.8, 4) is 0 Å². The Morgan fingerprint density at radius 1 is 1.28 bits per heavy atom. The molecule has 5 heteroatoms. The van der Waals surface area contributed by atoms with Crippen molar-refractivity contribution in [1.29, 1.82) is 0 Å². The van der Waals surface area contributed by atoms with E-state index >= 15 is 0 Å².